The van der Waals surface area contributed by atoms with Crippen molar-refractivity contribution in [3.63, 3.8) is 0 Å². The normalized spacial score (nSPS) is 9.33. The Bertz CT molecular complexity index is 130. The minimum absolute atomic E-state index is 0. The van der Waals surface area contributed by atoms with Gasteiger partial charge in [0.25, 0.3) is 0 Å². The second-order valence-corrected chi connectivity index (χ2v) is 8.40. The van der Waals surface area contributed by atoms with E-state index >= 15 is 0 Å². The first-order chi connectivity index (χ1) is 3.48. The molecule has 3 heteroatoms. The Labute approximate surface area is 88.3 Å². The molecule has 0 unspecified atom stereocenters. The molecule has 0 rings (SSSR count). The van der Waals surface area contributed by atoms with E-state index in [0.29, 0.717) is 0 Å². The van der Waals surface area contributed by atoms with E-state index < -0.39 is 8.07 Å². The Balaban J connectivity index is 0. The van der Waals surface area contributed by atoms with Gasteiger partial charge < -0.3 is 5.73 Å². The van der Waals surface area contributed by atoms with Crippen molar-refractivity contribution in [3.05, 3.63) is 17.0 Å². The fourth-order valence-electron chi connectivity index (χ4n) is 0.217. The maximum absolute atomic E-state index is 5.68. The second kappa shape index (κ2) is 4.87. The third kappa shape index (κ3) is 5.57. The van der Waals surface area contributed by atoms with Crippen molar-refractivity contribution in [3.8, 4) is 0 Å². The third-order valence-electron chi connectivity index (χ3n) is 0.785. The topological polar surface area (TPSA) is 0 Å². The zero-order valence-electron chi connectivity index (χ0n) is 6.03. The van der Waals surface area contributed by atoms with Crippen LogP contribution in [0.4, 0.5) is 0 Å². The third-order valence-corrected chi connectivity index (χ3v) is 4.06. The van der Waals surface area contributed by atoms with E-state index in [1.165, 1.54) is 0 Å². The molecule has 0 nitrogen and oxygen atoms in total. The van der Waals surface area contributed by atoms with Crippen LogP contribution in [0, 0.1) is 6.58 Å². The maximum Gasteiger partial charge on any atom is 0.0101 e. The summed E-state index contributed by atoms with van der Waals surface area (Å²) < 4.78 is 0.720. The van der Waals surface area contributed by atoms with Crippen molar-refractivity contribution in [2.45, 2.75) is 19.6 Å². The van der Waals surface area contributed by atoms with Crippen LogP contribution in [0.3, 0.4) is 0 Å². The summed E-state index contributed by atoms with van der Waals surface area (Å²) in [7, 11) is -1.31. The molecule has 0 spiro atoms. The maximum atomic E-state index is 5.68. The average molecular weight is 235 g/mol. The van der Waals surface area contributed by atoms with Gasteiger partial charge in [0, 0.05) is 40.8 Å². The molecule has 0 atom stereocenters. The van der Waals surface area contributed by atoms with Crippen LogP contribution in [-0.2, 0) is 32.7 Å². The summed E-state index contributed by atoms with van der Waals surface area (Å²) in [6.07, 6.45) is 0. The zero-order chi connectivity index (χ0) is 6.78. The van der Waals surface area contributed by atoms with Gasteiger partial charge >= 0.3 is 0 Å². The Morgan fingerprint density at radius 3 is 1.78 bits per heavy atom. The van der Waals surface area contributed by atoms with Crippen molar-refractivity contribution < 1.29 is 32.7 Å². The van der Waals surface area contributed by atoms with Crippen LogP contribution < -0.4 is 0 Å². The van der Waals surface area contributed by atoms with Crippen molar-refractivity contribution in [1.82, 2.24) is 0 Å². The van der Waals surface area contributed by atoms with Crippen molar-refractivity contribution in [2.75, 3.05) is 0 Å². The Morgan fingerprint density at radius 1 is 1.44 bits per heavy atom. The van der Waals surface area contributed by atoms with Crippen LogP contribution >= 0.6 is 11.6 Å². The van der Waals surface area contributed by atoms with Crippen LogP contribution in [-0.4, -0.2) is 8.07 Å². The molecule has 9 heavy (non-hydrogen) atoms. The van der Waals surface area contributed by atoms with Gasteiger partial charge in [-0.25, -0.2) is 18.2 Å². The van der Waals surface area contributed by atoms with E-state index in [0.717, 1.165) is 4.66 Å². The predicted molar refractivity (Wildman–Crippen MR) is 40.5 cm³/mol. The average Bonchev–Trinajstić information content (AvgIpc) is 1.62. The zero-order valence-corrected chi connectivity index (χ0v) is 10.6. The van der Waals surface area contributed by atoms with Crippen LogP contribution in [0.5, 0.6) is 0 Å². The second-order valence-electron chi connectivity index (χ2n) is 2.71. The Morgan fingerprint density at radius 2 is 1.78 bits per heavy atom. The molecular weight excluding hydrogens is 225 g/mol. The molecule has 0 aliphatic carbocycles. The largest absolute Gasteiger partial charge is 0.322 e. The van der Waals surface area contributed by atoms with Gasteiger partial charge in [-0.15, -0.1) is 0 Å². The molecule has 0 aromatic heterocycles. The first-order valence-electron chi connectivity index (χ1n) is 2.48. The van der Waals surface area contributed by atoms with Gasteiger partial charge in [-0.2, -0.15) is 0 Å². The minimum atomic E-state index is -1.31. The van der Waals surface area contributed by atoms with Gasteiger partial charge in [0.05, 0.1) is 0 Å². The summed E-state index contributed by atoms with van der Waals surface area (Å²) in [6, 6.07) is 0. The van der Waals surface area contributed by atoms with Crippen molar-refractivity contribution in [2.24, 2.45) is 0 Å². The summed E-state index contributed by atoms with van der Waals surface area (Å²) in [5.41, 5.74) is 2.45. The number of rotatable bonds is 1. The molecule has 0 aliphatic rings. The van der Waals surface area contributed by atoms with Crippen LogP contribution in [0.15, 0.2) is 10.4 Å². The molecule has 0 bridgehead atoms. The van der Waals surface area contributed by atoms with E-state index in [1.807, 2.05) is 0 Å². The van der Waals surface area contributed by atoms with Gasteiger partial charge in [0.15, 0.2) is 0 Å². The van der Waals surface area contributed by atoms with Crippen LogP contribution in [0.2, 0.25) is 19.6 Å². The summed E-state index contributed by atoms with van der Waals surface area (Å²) in [4.78, 5) is 0. The quantitative estimate of drug-likeness (QED) is 0.372. The molecule has 49 valence electrons. The molecule has 0 aliphatic heterocycles. The smallest absolute Gasteiger partial charge is 0.0101 e. The number of halogens is 1. The SMILES string of the molecule is [CH-]=C=C(Cl)[Si](C)(C)C.[Y]. The monoisotopic (exact) mass is 234 g/mol. The van der Waals surface area contributed by atoms with Gasteiger partial charge in [-0.05, 0) is 0 Å². The first-order valence-corrected chi connectivity index (χ1v) is 6.36. The standard InChI is InChI=1S/C6H10ClSi.Y/c1-5-6(7)8(2,3)4;/h1H,2-4H3;/q-1;. The molecule has 0 heterocycles. The summed E-state index contributed by atoms with van der Waals surface area (Å²) in [6.45, 7) is 11.4. The van der Waals surface area contributed by atoms with E-state index in [2.05, 4.69) is 25.4 Å². The summed E-state index contributed by atoms with van der Waals surface area (Å²) >= 11 is 5.68. The molecule has 0 aromatic carbocycles. The number of hydrogen-bond acceptors (Lipinski definition) is 0. The van der Waals surface area contributed by atoms with Gasteiger partial charge in [0.1, 0.15) is 0 Å². The van der Waals surface area contributed by atoms with Crippen LogP contribution in [0.25, 0.3) is 0 Å². The molecule has 0 saturated heterocycles. The fourth-order valence-corrected chi connectivity index (χ4v) is 0.650. The molecule has 0 amide bonds. The van der Waals surface area contributed by atoms with E-state index in [4.69, 9.17) is 18.2 Å². The minimum Gasteiger partial charge on any atom is -0.322 e. The number of hydrogen-bond donors (Lipinski definition) is 0. The summed E-state index contributed by atoms with van der Waals surface area (Å²) in [5, 5.41) is 0. The van der Waals surface area contributed by atoms with Crippen molar-refractivity contribution in [1.29, 1.82) is 0 Å². The van der Waals surface area contributed by atoms with Crippen molar-refractivity contribution >= 4 is 19.7 Å². The van der Waals surface area contributed by atoms with Gasteiger partial charge in [-0.1, -0.05) is 24.3 Å². The van der Waals surface area contributed by atoms with E-state index in [-0.39, 0.29) is 32.7 Å². The predicted octanol–water partition coefficient (Wildman–Crippen LogP) is 2.57. The molecule has 0 aromatic rings. The molecule has 0 N–H and O–H groups in total. The van der Waals surface area contributed by atoms with E-state index in [1.54, 1.807) is 0 Å². The van der Waals surface area contributed by atoms with Gasteiger partial charge in [0.2, 0.25) is 0 Å². The molecule has 1 radical (unpaired) electrons. The van der Waals surface area contributed by atoms with Gasteiger partial charge in [-0.3, -0.25) is 0 Å². The summed E-state index contributed by atoms with van der Waals surface area (Å²) in [5.74, 6) is 0. The molecular formula is C6H10ClSiY-. The molecule has 0 fully saturated rings. The van der Waals surface area contributed by atoms with Crippen LogP contribution in [0.1, 0.15) is 0 Å². The van der Waals surface area contributed by atoms with E-state index in [9.17, 15) is 0 Å². The Hall–Kier alpha value is 1.13. The fraction of sp³-hybridized carbons (Fsp3) is 0.500. The molecule has 0 saturated carbocycles. The Kier molecular flexibility index (Phi) is 6.92. The first kappa shape index (κ1) is 12.8.